The Balaban J connectivity index is 1.61. The summed E-state index contributed by atoms with van der Waals surface area (Å²) >= 11 is 2.26. The number of hydrogen-bond acceptors (Lipinski definition) is 10. The molecule has 10 nitrogen and oxygen atoms in total. The van der Waals surface area contributed by atoms with Crippen LogP contribution in [0.2, 0.25) is 0 Å². The van der Waals surface area contributed by atoms with Gasteiger partial charge >= 0.3 is 12.3 Å². The average molecular weight is 793 g/mol. The van der Waals surface area contributed by atoms with Gasteiger partial charge < -0.3 is 37.9 Å². The zero-order valence-electron chi connectivity index (χ0n) is 28.2. The first-order valence-corrected chi connectivity index (χ1v) is 16.8. The van der Waals surface area contributed by atoms with Gasteiger partial charge in [0.05, 0.1) is 28.6 Å². The summed E-state index contributed by atoms with van der Waals surface area (Å²) in [6, 6.07) is 27.6. The summed E-state index contributed by atoms with van der Waals surface area (Å²) in [5.74, 6) is 1.66. The van der Waals surface area contributed by atoms with Gasteiger partial charge in [-0.2, -0.15) is 0 Å². The molecule has 5 rings (SSSR count). The summed E-state index contributed by atoms with van der Waals surface area (Å²) in [4.78, 5) is 26.5. The predicted molar refractivity (Wildman–Crippen MR) is 195 cm³/mol. The summed E-state index contributed by atoms with van der Waals surface area (Å²) in [7, 11) is 4.61. The minimum absolute atomic E-state index is 0.000969. The van der Waals surface area contributed by atoms with Gasteiger partial charge in [0.2, 0.25) is 0 Å². The number of carbonyl (C=O) groups is 2. The molecule has 11 heteroatoms. The maximum absolute atomic E-state index is 13.3. The van der Waals surface area contributed by atoms with E-state index in [-0.39, 0.29) is 31.5 Å². The van der Waals surface area contributed by atoms with Crippen LogP contribution in [-0.2, 0) is 40.3 Å². The first kappa shape index (κ1) is 36.3. The molecule has 0 aliphatic rings. The van der Waals surface area contributed by atoms with Gasteiger partial charge in [0.15, 0.2) is 6.79 Å². The van der Waals surface area contributed by atoms with Crippen molar-refractivity contribution in [2.45, 2.75) is 33.0 Å². The number of fused-ring (bicyclic) bond motifs is 1. The zero-order valence-corrected chi connectivity index (χ0v) is 30.3. The second-order valence-electron chi connectivity index (χ2n) is 11.1. The maximum Gasteiger partial charge on any atom is 0.514 e. The summed E-state index contributed by atoms with van der Waals surface area (Å²) in [5.41, 5.74) is 4.17. The third-order valence-corrected chi connectivity index (χ3v) is 8.90. The van der Waals surface area contributed by atoms with Crippen LogP contribution in [0.3, 0.4) is 0 Å². The number of methoxy groups -OCH3 is 3. The Morgan fingerprint density at radius 2 is 1.20 bits per heavy atom. The standard InChI is InChI=1S/C39H37IO10/c1-25-19-28(36(40)33(20-25)45-4)15-16-29-21-32(49-38(41)46-22-26-11-7-5-8-12-26)34-30(44-3)17-18-31(48-24-43-2)35(34)37(29)50-39(42)47-23-27-13-9-6-10-14-27/h5-14,17-21H,15-16,22-24H2,1-4H3. The van der Waals surface area contributed by atoms with Crippen LogP contribution in [0.4, 0.5) is 9.59 Å². The molecule has 0 aromatic heterocycles. The topological polar surface area (TPSA) is 108 Å². The van der Waals surface area contributed by atoms with Crippen LogP contribution in [0, 0.1) is 10.5 Å². The number of hydrogen-bond donors (Lipinski definition) is 0. The lowest BCUT2D eigenvalue weighted by Crippen LogP contribution is -2.15. The Hall–Kier alpha value is -5.01. The number of carbonyl (C=O) groups excluding carboxylic acids is 2. The molecule has 260 valence electrons. The van der Waals surface area contributed by atoms with Crippen molar-refractivity contribution in [1.29, 1.82) is 0 Å². The summed E-state index contributed by atoms with van der Waals surface area (Å²) in [5, 5.41) is 0.636. The molecule has 0 bridgehead atoms. The summed E-state index contributed by atoms with van der Waals surface area (Å²) in [6.45, 7) is 1.89. The third-order valence-electron chi connectivity index (χ3n) is 7.67. The van der Waals surface area contributed by atoms with Crippen molar-refractivity contribution in [2.24, 2.45) is 0 Å². The molecule has 0 fully saturated rings. The summed E-state index contributed by atoms with van der Waals surface area (Å²) < 4.78 is 46.3. The third kappa shape index (κ3) is 9.16. The van der Waals surface area contributed by atoms with Crippen molar-refractivity contribution in [2.75, 3.05) is 28.1 Å². The molecule has 0 spiro atoms. The van der Waals surface area contributed by atoms with E-state index in [4.69, 9.17) is 37.9 Å². The Labute approximate surface area is 304 Å². The number of rotatable bonds is 14. The molecular weight excluding hydrogens is 755 g/mol. The Bertz CT molecular complexity index is 1930. The van der Waals surface area contributed by atoms with Gasteiger partial charge in [-0.05, 0) is 94.4 Å². The molecule has 5 aromatic carbocycles. The second-order valence-corrected chi connectivity index (χ2v) is 12.2. The van der Waals surface area contributed by atoms with Gasteiger partial charge in [-0.3, -0.25) is 0 Å². The lowest BCUT2D eigenvalue weighted by atomic mass is 9.97. The van der Waals surface area contributed by atoms with Crippen LogP contribution in [0.25, 0.3) is 10.8 Å². The van der Waals surface area contributed by atoms with E-state index in [1.54, 1.807) is 25.3 Å². The van der Waals surface area contributed by atoms with Crippen molar-refractivity contribution < 1.29 is 47.5 Å². The normalized spacial score (nSPS) is 10.7. The fraction of sp³-hybridized carbons (Fsp3) is 0.231. The van der Waals surface area contributed by atoms with Crippen LogP contribution >= 0.6 is 22.6 Å². The molecule has 0 heterocycles. The van der Waals surface area contributed by atoms with Gasteiger partial charge in [0.1, 0.15) is 42.0 Å². The lowest BCUT2D eigenvalue weighted by Gasteiger charge is -2.20. The SMILES string of the molecule is COCOc1ccc(OC)c2c(OC(=O)OCc3ccccc3)cc(CCc3cc(C)cc(OC)c3I)c(OC(=O)OCc3ccccc3)c12. The van der Waals surface area contributed by atoms with E-state index in [0.29, 0.717) is 40.7 Å². The maximum atomic E-state index is 13.3. The molecule has 0 amide bonds. The largest absolute Gasteiger partial charge is 0.514 e. The highest BCUT2D eigenvalue weighted by Crippen LogP contribution is 2.47. The van der Waals surface area contributed by atoms with Crippen LogP contribution in [0.5, 0.6) is 28.7 Å². The molecule has 0 saturated heterocycles. The second kappa shape index (κ2) is 17.6. The first-order valence-electron chi connectivity index (χ1n) is 15.7. The molecule has 0 atom stereocenters. The fourth-order valence-electron chi connectivity index (χ4n) is 5.36. The quantitative estimate of drug-likeness (QED) is 0.0468. The molecule has 0 saturated carbocycles. The number of ether oxygens (including phenoxy) is 8. The first-order chi connectivity index (χ1) is 24.3. The molecule has 0 aliphatic heterocycles. The van der Waals surface area contributed by atoms with E-state index in [1.807, 2.05) is 73.7 Å². The van der Waals surface area contributed by atoms with Crippen molar-refractivity contribution >= 4 is 45.7 Å². The Morgan fingerprint density at radius 3 is 1.80 bits per heavy atom. The van der Waals surface area contributed by atoms with E-state index in [1.165, 1.54) is 14.2 Å². The molecule has 0 N–H and O–H groups in total. The number of benzene rings is 5. The lowest BCUT2D eigenvalue weighted by molar-refractivity contribution is 0.0520. The Morgan fingerprint density at radius 1 is 0.620 bits per heavy atom. The highest BCUT2D eigenvalue weighted by atomic mass is 127. The smallest absolute Gasteiger partial charge is 0.496 e. The van der Waals surface area contributed by atoms with Crippen molar-refractivity contribution in [1.82, 2.24) is 0 Å². The average Bonchev–Trinajstić information content (AvgIpc) is 3.14. The van der Waals surface area contributed by atoms with E-state index < -0.39 is 12.3 Å². The van der Waals surface area contributed by atoms with Crippen LogP contribution in [0.1, 0.15) is 27.8 Å². The van der Waals surface area contributed by atoms with Gasteiger partial charge in [-0.15, -0.1) is 0 Å². The van der Waals surface area contributed by atoms with Gasteiger partial charge in [-0.1, -0.05) is 66.7 Å². The van der Waals surface area contributed by atoms with Gasteiger partial charge in [-0.25, -0.2) is 9.59 Å². The van der Waals surface area contributed by atoms with Gasteiger partial charge in [0, 0.05) is 7.11 Å². The molecule has 50 heavy (non-hydrogen) atoms. The fourth-order valence-corrected chi connectivity index (χ4v) is 6.16. The van der Waals surface area contributed by atoms with E-state index >= 15 is 0 Å². The molecule has 0 unspecified atom stereocenters. The summed E-state index contributed by atoms with van der Waals surface area (Å²) in [6.07, 6.45) is -0.983. The van der Waals surface area contributed by atoms with Crippen LogP contribution in [-0.4, -0.2) is 40.4 Å². The molecule has 0 aliphatic carbocycles. The number of aryl methyl sites for hydroxylation is 3. The van der Waals surface area contributed by atoms with Crippen LogP contribution in [0.15, 0.2) is 91.0 Å². The molecule has 5 aromatic rings. The van der Waals surface area contributed by atoms with Crippen molar-refractivity contribution in [3.8, 4) is 28.7 Å². The minimum atomic E-state index is -0.931. The van der Waals surface area contributed by atoms with Crippen molar-refractivity contribution in [3.05, 3.63) is 122 Å². The minimum Gasteiger partial charge on any atom is -0.496 e. The highest BCUT2D eigenvalue weighted by molar-refractivity contribution is 14.1. The van der Waals surface area contributed by atoms with Gasteiger partial charge in [0.25, 0.3) is 0 Å². The van der Waals surface area contributed by atoms with E-state index in [0.717, 1.165) is 31.6 Å². The molecular formula is C39H37IO10. The highest BCUT2D eigenvalue weighted by Gasteiger charge is 2.26. The van der Waals surface area contributed by atoms with E-state index in [9.17, 15) is 9.59 Å². The zero-order chi connectivity index (χ0) is 35.5. The Kier molecular flexibility index (Phi) is 12.8. The molecule has 0 radical (unpaired) electrons. The predicted octanol–water partition coefficient (Wildman–Crippen LogP) is 8.97. The monoisotopic (exact) mass is 792 g/mol. The van der Waals surface area contributed by atoms with E-state index in [2.05, 4.69) is 28.7 Å². The number of halogens is 1. The van der Waals surface area contributed by atoms with Crippen LogP contribution < -0.4 is 23.7 Å². The van der Waals surface area contributed by atoms with Crippen molar-refractivity contribution in [3.63, 3.8) is 0 Å².